The third kappa shape index (κ3) is 2.07. The van der Waals surface area contributed by atoms with Crippen molar-refractivity contribution in [3.05, 3.63) is 18.2 Å². The highest BCUT2D eigenvalue weighted by molar-refractivity contribution is 7.22. The van der Waals surface area contributed by atoms with E-state index in [1.165, 1.54) is 11.3 Å². The summed E-state index contributed by atoms with van der Waals surface area (Å²) < 4.78 is 6.00. The fourth-order valence-electron chi connectivity index (χ4n) is 1.19. The van der Waals surface area contributed by atoms with Gasteiger partial charge >= 0.3 is 5.97 Å². The number of aromatic nitrogens is 1. The van der Waals surface area contributed by atoms with Crippen molar-refractivity contribution in [1.82, 2.24) is 4.98 Å². The summed E-state index contributed by atoms with van der Waals surface area (Å²) in [6.07, 6.45) is 0.364. The number of anilines is 1. The topological polar surface area (TPSA) is 65.2 Å². The van der Waals surface area contributed by atoms with Gasteiger partial charge in [-0.3, -0.25) is 4.79 Å². The van der Waals surface area contributed by atoms with Gasteiger partial charge in [-0.25, -0.2) is 4.98 Å². The van der Waals surface area contributed by atoms with E-state index in [0.717, 1.165) is 10.2 Å². The van der Waals surface area contributed by atoms with Crippen LogP contribution in [0, 0.1) is 0 Å². The molecule has 2 aromatic rings. The van der Waals surface area contributed by atoms with Crippen LogP contribution in [0.15, 0.2) is 18.2 Å². The van der Waals surface area contributed by atoms with Crippen molar-refractivity contribution >= 4 is 32.7 Å². The van der Waals surface area contributed by atoms with Crippen molar-refractivity contribution in [1.29, 1.82) is 0 Å². The first-order valence-electron chi connectivity index (χ1n) is 4.56. The van der Waals surface area contributed by atoms with Crippen LogP contribution in [0.4, 0.5) is 5.13 Å². The van der Waals surface area contributed by atoms with E-state index >= 15 is 0 Å². The van der Waals surface area contributed by atoms with Crippen LogP contribution in [0.5, 0.6) is 5.75 Å². The van der Waals surface area contributed by atoms with E-state index in [-0.39, 0.29) is 5.97 Å². The zero-order chi connectivity index (χ0) is 10.8. The average Bonchev–Trinajstić information content (AvgIpc) is 2.57. The SMILES string of the molecule is CCC(=O)Oc1ccc2nc(N)sc2c1. The molecule has 0 saturated heterocycles. The van der Waals surface area contributed by atoms with Gasteiger partial charge in [-0.15, -0.1) is 0 Å². The number of hydrogen-bond donors (Lipinski definition) is 1. The molecule has 0 aliphatic rings. The maximum Gasteiger partial charge on any atom is 0.310 e. The molecule has 0 saturated carbocycles. The molecule has 1 aromatic carbocycles. The first kappa shape index (κ1) is 9.92. The van der Waals surface area contributed by atoms with Gasteiger partial charge in [0.1, 0.15) is 5.75 Å². The van der Waals surface area contributed by atoms with E-state index in [1.807, 2.05) is 0 Å². The van der Waals surface area contributed by atoms with Crippen molar-refractivity contribution < 1.29 is 9.53 Å². The maximum atomic E-state index is 11.1. The molecule has 0 fully saturated rings. The number of hydrogen-bond acceptors (Lipinski definition) is 5. The van der Waals surface area contributed by atoms with Gasteiger partial charge in [-0.05, 0) is 12.1 Å². The van der Waals surface area contributed by atoms with Crippen LogP contribution >= 0.6 is 11.3 Å². The van der Waals surface area contributed by atoms with Crippen LogP contribution in [-0.2, 0) is 4.79 Å². The number of nitrogens with two attached hydrogens (primary N) is 1. The van der Waals surface area contributed by atoms with Gasteiger partial charge in [0.2, 0.25) is 0 Å². The number of fused-ring (bicyclic) bond motifs is 1. The molecule has 0 aliphatic heterocycles. The molecule has 5 heteroatoms. The Hall–Kier alpha value is -1.62. The van der Waals surface area contributed by atoms with Crippen LogP contribution in [0.3, 0.4) is 0 Å². The smallest absolute Gasteiger partial charge is 0.310 e. The lowest BCUT2D eigenvalue weighted by Gasteiger charge is -2.01. The summed E-state index contributed by atoms with van der Waals surface area (Å²) in [5.74, 6) is 0.296. The monoisotopic (exact) mass is 222 g/mol. The Morgan fingerprint density at radius 3 is 3.13 bits per heavy atom. The van der Waals surface area contributed by atoms with Gasteiger partial charge in [0.25, 0.3) is 0 Å². The highest BCUT2D eigenvalue weighted by Crippen LogP contribution is 2.27. The van der Waals surface area contributed by atoms with Crippen molar-refractivity contribution in [3.8, 4) is 5.75 Å². The first-order chi connectivity index (χ1) is 7.19. The fourth-order valence-corrected chi connectivity index (χ4v) is 1.95. The third-order valence-corrected chi connectivity index (χ3v) is 2.74. The van der Waals surface area contributed by atoms with Crippen LogP contribution in [-0.4, -0.2) is 11.0 Å². The number of esters is 1. The largest absolute Gasteiger partial charge is 0.426 e. The number of carbonyl (C=O) groups excluding carboxylic acids is 1. The molecule has 0 spiro atoms. The van der Waals surface area contributed by atoms with Gasteiger partial charge in [-0.2, -0.15) is 0 Å². The lowest BCUT2D eigenvalue weighted by Crippen LogP contribution is -2.04. The van der Waals surface area contributed by atoms with E-state index < -0.39 is 0 Å². The zero-order valence-electron chi connectivity index (χ0n) is 8.19. The maximum absolute atomic E-state index is 11.1. The molecule has 4 nitrogen and oxygen atoms in total. The molecular formula is C10H10N2O2S. The number of ether oxygens (including phenoxy) is 1. The Bertz CT molecular complexity index is 507. The molecule has 2 rings (SSSR count). The summed E-state index contributed by atoms with van der Waals surface area (Å²) in [6.45, 7) is 1.76. The summed E-state index contributed by atoms with van der Waals surface area (Å²) in [5, 5.41) is 0.518. The number of nitrogen functional groups attached to an aromatic ring is 1. The van der Waals surface area contributed by atoms with E-state index in [1.54, 1.807) is 25.1 Å². The summed E-state index contributed by atoms with van der Waals surface area (Å²) in [6, 6.07) is 5.28. The van der Waals surface area contributed by atoms with Crippen molar-refractivity contribution in [2.75, 3.05) is 5.73 Å². The van der Waals surface area contributed by atoms with Gasteiger partial charge in [0.15, 0.2) is 5.13 Å². The number of nitrogens with zero attached hydrogens (tertiary/aromatic N) is 1. The zero-order valence-corrected chi connectivity index (χ0v) is 9.00. The van der Waals surface area contributed by atoms with Crippen molar-refractivity contribution in [3.63, 3.8) is 0 Å². The quantitative estimate of drug-likeness (QED) is 0.625. The summed E-state index contributed by atoms with van der Waals surface area (Å²) >= 11 is 1.38. The molecule has 0 amide bonds. The van der Waals surface area contributed by atoms with E-state index in [0.29, 0.717) is 17.3 Å². The Kier molecular flexibility index (Phi) is 2.55. The fraction of sp³-hybridized carbons (Fsp3) is 0.200. The van der Waals surface area contributed by atoms with E-state index in [2.05, 4.69) is 4.98 Å². The minimum absolute atomic E-state index is 0.244. The summed E-state index contributed by atoms with van der Waals surface area (Å²) in [7, 11) is 0. The highest BCUT2D eigenvalue weighted by Gasteiger charge is 2.05. The first-order valence-corrected chi connectivity index (χ1v) is 5.37. The number of rotatable bonds is 2. The Balaban J connectivity index is 2.33. The van der Waals surface area contributed by atoms with Gasteiger partial charge in [-0.1, -0.05) is 18.3 Å². The number of carbonyl (C=O) groups is 1. The minimum atomic E-state index is -0.244. The van der Waals surface area contributed by atoms with Crippen LogP contribution in [0.2, 0.25) is 0 Å². The molecule has 0 aliphatic carbocycles. The van der Waals surface area contributed by atoms with Crippen molar-refractivity contribution in [2.45, 2.75) is 13.3 Å². The lowest BCUT2D eigenvalue weighted by atomic mass is 10.3. The molecule has 78 valence electrons. The molecular weight excluding hydrogens is 212 g/mol. The summed E-state index contributed by atoms with van der Waals surface area (Å²) in [4.78, 5) is 15.2. The number of thiazole rings is 1. The van der Waals surface area contributed by atoms with Crippen LogP contribution in [0.1, 0.15) is 13.3 Å². The number of benzene rings is 1. The average molecular weight is 222 g/mol. The van der Waals surface area contributed by atoms with Gasteiger partial charge < -0.3 is 10.5 Å². The molecule has 2 N–H and O–H groups in total. The lowest BCUT2D eigenvalue weighted by molar-refractivity contribution is -0.134. The molecule has 1 aromatic heterocycles. The van der Waals surface area contributed by atoms with Gasteiger partial charge in [0.05, 0.1) is 10.2 Å². The van der Waals surface area contributed by atoms with Crippen LogP contribution in [0.25, 0.3) is 10.2 Å². The molecule has 0 atom stereocenters. The highest BCUT2D eigenvalue weighted by atomic mass is 32.1. The third-order valence-electron chi connectivity index (χ3n) is 1.90. The second kappa shape index (κ2) is 3.86. The molecule has 15 heavy (non-hydrogen) atoms. The predicted molar refractivity (Wildman–Crippen MR) is 60.0 cm³/mol. The second-order valence-corrected chi connectivity index (χ2v) is 4.07. The molecule has 1 heterocycles. The molecule has 0 unspecified atom stereocenters. The molecule has 0 radical (unpaired) electrons. The normalized spacial score (nSPS) is 10.5. The second-order valence-electron chi connectivity index (χ2n) is 3.01. The van der Waals surface area contributed by atoms with Crippen molar-refractivity contribution in [2.24, 2.45) is 0 Å². The molecule has 0 bridgehead atoms. The Morgan fingerprint density at radius 1 is 1.60 bits per heavy atom. The Labute approximate surface area is 90.7 Å². The predicted octanol–water partition coefficient (Wildman–Crippen LogP) is 2.19. The van der Waals surface area contributed by atoms with E-state index in [9.17, 15) is 4.79 Å². The summed E-state index contributed by atoms with van der Waals surface area (Å²) in [5.41, 5.74) is 6.40. The minimum Gasteiger partial charge on any atom is -0.426 e. The standard InChI is InChI=1S/C10H10N2O2S/c1-2-9(13)14-6-3-4-7-8(5-6)15-10(11)12-7/h3-5H,2H2,1H3,(H2,11,12). The van der Waals surface area contributed by atoms with Crippen LogP contribution < -0.4 is 10.5 Å². The van der Waals surface area contributed by atoms with E-state index in [4.69, 9.17) is 10.5 Å². The van der Waals surface area contributed by atoms with Gasteiger partial charge in [0, 0.05) is 12.5 Å². The Morgan fingerprint density at radius 2 is 2.40 bits per heavy atom.